The van der Waals surface area contributed by atoms with Crippen molar-refractivity contribution in [3.05, 3.63) is 144 Å². The first-order valence-electron chi connectivity index (χ1n) is 21.4. The van der Waals surface area contributed by atoms with Crippen LogP contribution >= 0.6 is 25.7 Å². The molecule has 0 fully saturated rings. The van der Waals surface area contributed by atoms with Gasteiger partial charge < -0.3 is 58.0 Å². The minimum Gasteiger partial charge on any atom is -0.497 e. The number of rotatable bonds is 21. The zero-order valence-electron chi connectivity index (χ0n) is 39.9. The molecule has 0 spiro atoms. The highest BCUT2D eigenvalue weighted by atomic mass is 31.1. The molecule has 3 N–H and O–H groups in total. The van der Waals surface area contributed by atoms with Crippen LogP contribution in [0.3, 0.4) is 0 Å². The van der Waals surface area contributed by atoms with Gasteiger partial charge in [-0.1, -0.05) is 122 Å². The highest BCUT2D eigenvalue weighted by molar-refractivity contribution is 7.56. The quantitative estimate of drug-likeness (QED) is 0.0489. The number of aliphatic hydroxyl groups is 3. The first kappa shape index (κ1) is 54.8. The number of methoxy groups -OCH3 is 6. The molecule has 0 saturated heterocycles. The SMILES string of the molecule is COCOc1c(OC)cc(OC)cc1Pc1ccccc1C(C)O.COCOc1c(OC)cccc1Pc1ccccc1C(C)O.COCOc1ccc(C)cc1Pc1ccccc1C(C)O. The Bertz CT molecular complexity index is 2410. The molecule has 0 radical (unpaired) electrons. The molecule has 6 rings (SSSR count). The van der Waals surface area contributed by atoms with Crippen molar-refractivity contribution in [2.45, 2.75) is 46.0 Å². The predicted octanol–water partition coefficient (Wildman–Crippen LogP) is 7.39. The molecule has 0 amide bonds. The lowest BCUT2D eigenvalue weighted by atomic mass is 10.1. The second-order valence-electron chi connectivity index (χ2n) is 14.9. The molecule has 0 aromatic heterocycles. The van der Waals surface area contributed by atoms with Gasteiger partial charge in [0.2, 0.25) is 0 Å². The molecule has 0 heterocycles. The van der Waals surface area contributed by atoms with Gasteiger partial charge in [0.25, 0.3) is 0 Å². The minimum absolute atomic E-state index is 0.123. The summed E-state index contributed by atoms with van der Waals surface area (Å²) in [6.45, 7) is 7.91. The Morgan fingerprint density at radius 3 is 1.30 bits per heavy atom. The van der Waals surface area contributed by atoms with Crippen LogP contribution in [0.5, 0.6) is 34.5 Å². The number of para-hydroxylation sites is 1. The molecular weight excluding hydrogens is 909 g/mol. The van der Waals surface area contributed by atoms with Gasteiger partial charge in [-0.15, -0.1) is 0 Å². The van der Waals surface area contributed by atoms with Gasteiger partial charge in [0.1, 0.15) is 11.5 Å². The average molecular weight is 975 g/mol. The Labute approximate surface area is 401 Å². The van der Waals surface area contributed by atoms with E-state index in [0.717, 1.165) is 54.3 Å². The maximum absolute atomic E-state index is 10.00. The summed E-state index contributed by atoms with van der Waals surface area (Å²) in [6.07, 6.45) is -1.51. The van der Waals surface area contributed by atoms with E-state index in [-0.39, 0.29) is 29.0 Å². The number of ether oxygens (including phenoxy) is 9. The zero-order chi connectivity index (χ0) is 48.7. The van der Waals surface area contributed by atoms with Gasteiger partial charge in [-0.2, -0.15) is 0 Å². The molecule has 6 atom stereocenters. The molecule has 6 aromatic rings. The van der Waals surface area contributed by atoms with E-state index in [1.165, 1.54) is 5.56 Å². The predicted molar refractivity (Wildman–Crippen MR) is 275 cm³/mol. The van der Waals surface area contributed by atoms with E-state index in [4.69, 9.17) is 42.6 Å². The number of aryl methyl sites for hydroxylation is 1. The molecule has 67 heavy (non-hydrogen) atoms. The smallest absolute Gasteiger partial charge is 0.188 e. The maximum atomic E-state index is 10.00. The summed E-state index contributed by atoms with van der Waals surface area (Å²) in [5, 5.41) is 36.2. The third-order valence-electron chi connectivity index (χ3n) is 9.83. The van der Waals surface area contributed by atoms with Crippen LogP contribution in [0.15, 0.2) is 121 Å². The molecular formula is C52H65O12P3. The Hall–Kier alpha value is -4.83. The van der Waals surface area contributed by atoms with Crippen LogP contribution in [0.4, 0.5) is 0 Å². The van der Waals surface area contributed by atoms with Gasteiger partial charge in [0, 0.05) is 43.3 Å². The summed E-state index contributed by atoms with van der Waals surface area (Å²) in [6, 6.07) is 39.3. The fourth-order valence-corrected chi connectivity index (χ4v) is 10.9. The van der Waals surface area contributed by atoms with E-state index in [1.807, 2.05) is 103 Å². The van der Waals surface area contributed by atoms with Gasteiger partial charge in [-0.25, -0.2) is 0 Å². The number of benzene rings is 6. The molecule has 0 aliphatic heterocycles. The molecule has 360 valence electrons. The van der Waals surface area contributed by atoms with E-state index in [2.05, 4.69) is 19.1 Å². The second kappa shape index (κ2) is 29.1. The summed E-state index contributed by atoms with van der Waals surface area (Å²) < 4.78 is 48.2. The van der Waals surface area contributed by atoms with Crippen molar-refractivity contribution in [2.24, 2.45) is 0 Å². The van der Waals surface area contributed by atoms with Crippen LogP contribution in [0.25, 0.3) is 0 Å². The van der Waals surface area contributed by atoms with Gasteiger partial charge in [-0.05, 0) is 84.6 Å². The van der Waals surface area contributed by atoms with Crippen LogP contribution < -0.4 is 60.2 Å². The lowest BCUT2D eigenvalue weighted by Crippen LogP contribution is -2.15. The summed E-state index contributed by atoms with van der Waals surface area (Å²) >= 11 is 0. The van der Waals surface area contributed by atoms with Crippen LogP contribution in [-0.2, 0) is 14.2 Å². The average Bonchev–Trinajstić information content (AvgIpc) is 3.33. The number of aliphatic hydroxyl groups excluding tert-OH is 3. The van der Waals surface area contributed by atoms with Crippen LogP contribution in [-0.4, -0.2) is 78.4 Å². The van der Waals surface area contributed by atoms with E-state index in [1.54, 1.807) is 69.5 Å². The molecule has 0 saturated carbocycles. The van der Waals surface area contributed by atoms with Crippen LogP contribution in [0, 0.1) is 6.92 Å². The van der Waals surface area contributed by atoms with Gasteiger partial charge >= 0.3 is 0 Å². The van der Waals surface area contributed by atoms with E-state index in [0.29, 0.717) is 45.9 Å². The normalized spacial score (nSPS) is 12.6. The Balaban J connectivity index is 0.000000220. The van der Waals surface area contributed by atoms with Crippen molar-refractivity contribution in [2.75, 3.05) is 63.0 Å². The van der Waals surface area contributed by atoms with Crippen molar-refractivity contribution in [1.82, 2.24) is 0 Å². The number of hydrogen-bond donors (Lipinski definition) is 3. The van der Waals surface area contributed by atoms with Crippen molar-refractivity contribution >= 4 is 57.6 Å². The second-order valence-corrected chi connectivity index (χ2v) is 18.8. The molecule has 0 bridgehead atoms. The van der Waals surface area contributed by atoms with E-state index < -0.39 is 18.3 Å². The third-order valence-corrected chi connectivity index (χ3v) is 14.0. The molecule has 6 aromatic carbocycles. The third kappa shape index (κ3) is 16.7. The van der Waals surface area contributed by atoms with Crippen molar-refractivity contribution in [1.29, 1.82) is 0 Å². The summed E-state index contributed by atoms with van der Waals surface area (Å²) in [5.41, 5.74) is 3.99. The fourth-order valence-electron chi connectivity index (χ4n) is 6.60. The molecule has 0 aliphatic carbocycles. The van der Waals surface area contributed by atoms with Gasteiger partial charge in [0.05, 0.1) is 39.6 Å². The molecule has 15 heteroatoms. The largest absolute Gasteiger partial charge is 0.497 e. The summed E-state index contributed by atoms with van der Waals surface area (Å²) in [7, 11) is 10.6. The number of hydrogen-bond acceptors (Lipinski definition) is 12. The van der Waals surface area contributed by atoms with Crippen molar-refractivity contribution in [3.63, 3.8) is 0 Å². The Morgan fingerprint density at radius 2 is 0.836 bits per heavy atom. The Kier molecular flexibility index (Phi) is 23.8. The van der Waals surface area contributed by atoms with E-state index in [9.17, 15) is 15.3 Å². The molecule has 6 unspecified atom stereocenters. The zero-order valence-corrected chi connectivity index (χ0v) is 42.9. The highest BCUT2D eigenvalue weighted by Gasteiger charge is 2.18. The maximum Gasteiger partial charge on any atom is 0.188 e. The fraction of sp³-hybridized carbons (Fsp3) is 0.308. The molecule has 12 nitrogen and oxygen atoms in total. The van der Waals surface area contributed by atoms with Gasteiger partial charge in [0.15, 0.2) is 43.4 Å². The monoisotopic (exact) mass is 974 g/mol. The van der Waals surface area contributed by atoms with Crippen LogP contribution in [0.1, 0.15) is 61.3 Å². The molecule has 0 aliphatic rings. The van der Waals surface area contributed by atoms with Gasteiger partial charge in [-0.3, -0.25) is 0 Å². The highest BCUT2D eigenvalue weighted by Crippen LogP contribution is 2.35. The summed E-state index contributed by atoms with van der Waals surface area (Å²) in [4.78, 5) is 0. The first-order chi connectivity index (χ1) is 32.4. The van der Waals surface area contributed by atoms with Crippen LogP contribution in [0.2, 0.25) is 0 Å². The Morgan fingerprint density at radius 1 is 0.403 bits per heavy atom. The lowest BCUT2D eigenvalue weighted by Gasteiger charge is -2.18. The van der Waals surface area contributed by atoms with E-state index >= 15 is 0 Å². The first-order valence-corrected chi connectivity index (χ1v) is 24.4. The van der Waals surface area contributed by atoms with Crippen molar-refractivity contribution in [3.8, 4) is 34.5 Å². The topological polar surface area (TPSA) is 144 Å². The standard InChI is InChI=1S/C18H23O5P.C17H21O4P.C17H21O3P/c1-12(19)14-7-5-6-8-16(14)24-17-10-13(21-3)9-15(22-4)18(17)23-11-20-2;1-12(18)13-7-4-5-9-15(13)22-16-10-6-8-14(20-3)17(16)21-11-19-2;1-12-8-9-15(20-11-19-3)17(10-12)21-16-7-5-4-6-14(16)13(2)18/h5-10,12,19,24H,11H2,1-4H3;4-10,12,18,22H,11H2,1-3H3;4-10,13,18,21H,11H2,1-3H3. The minimum atomic E-state index is -0.537. The summed E-state index contributed by atoms with van der Waals surface area (Å²) in [5.74, 6) is 4.10. The van der Waals surface area contributed by atoms with Crippen molar-refractivity contribution < 1.29 is 58.0 Å². The lowest BCUT2D eigenvalue weighted by molar-refractivity contribution is 0.0498.